The predicted octanol–water partition coefficient (Wildman–Crippen LogP) is 4.99. The van der Waals surface area contributed by atoms with Crippen molar-refractivity contribution < 1.29 is 4.57 Å². The summed E-state index contributed by atoms with van der Waals surface area (Å²) in [6, 6.07) is 37.0. The second-order valence-electron chi connectivity index (χ2n) is 7.47. The average Bonchev–Trinajstić information content (AvgIpc) is 2.79. The molecule has 0 saturated carbocycles. The molecule has 28 heavy (non-hydrogen) atoms. The molecule has 0 fully saturated rings. The van der Waals surface area contributed by atoms with Gasteiger partial charge in [-0.2, -0.15) is 0 Å². The van der Waals surface area contributed by atoms with E-state index in [-0.39, 0.29) is 5.41 Å². The maximum atomic E-state index is 14.8. The lowest BCUT2D eigenvalue weighted by Crippen LogP contribution is -2.44. The molecule has 4 aromatic rings. The first-order valence-corrected chi connectivity index (χ1v) is 11.3. The number of fused-ring (bicyclic) bond motifs is 2. The van der Waals surface area contributed by atoms with Crippen LogP contribution in [0.25, 0.3) is 0 Å². The highest BCUT2D eigenvalue weighted by Crippen LogP contribution is 2.54. The summed E-state index contributed by atoms with van der Waals surface area (Å²) < 4.78 is 14.8. The molecular weight excluding hydrogens is 359 g/mol. The van der Waals surface area contributed by atoms with Crippen molar-refractivity contribution in [2.24, 2.45) is 0 Å². The molecule has 4 aromatic carbocycles. The Kier molecular flexibility index (Phi) is 3.89. The maximum Gasteiger partial charge on any atom is 0.171 e. The van der Waals surface area contributed by atoms with Gasteiger partial charge in [-0.05, 0) is 23.6 Å². The topological polar surface area (TPSA) is 17.1 Å². The van der Waals surface area contributed by atoms with Crippen molar-refractivity contribution in [3.05, 3.63) is 126 Å². The van der Waals surface area contributed by atoms with E-state index in [2.05, 4.69) is 67.6 Å². The van der Waals surface area contributed by atoms with Gasteiger partial charge in [0.15, 0.2) is 7.14 Å². The second kappa shape index (κ2) is 6.33. The van der Waals surface area contributed by atoms with Gasteiger partial charge in [0.2, 0.25) is 0 Å². The van der Waals surface area contributed by atoms with Crippen LogP contribution in [0.3, 0.4) is 0 Å². The van der Waals surface area contributed by atoms with Gasteiger partial charge < -0.3 is 4.57 Å². The highest BCUT2D eigenvalue weighted by atomic mass is 31.2. The van der Waals surface area contributed by atoms with Crippen LogP contribution in [0, 0.1) is 0 Å². The van der Waals surface area contributed by atoms with Gasteiger partial charge in [0.05, 0.1) is 0 Å². The molecule has 0 spiro atoms. The zero-order chi connectivity index (χ0) is 19.2. The second-order valence-corrected chi connectivity index (χ2v) is 10.2. The molecule has 0 aliphatic carbocycles. The molecule has 0 unspecified atom stereocenters. The Morgan fingerprint density at radius 3 is 1.54 bits per heavy atom. The molecule has 0 aromatic heterocycles. The minimum absolute atomic E-state index is 0.350. The zero-order valence-corrected chi connectivity index (χ0v) is 16.6. The molecule has 136 valence electrons. The first kappa shape index (κ1) is 17.2. The average molecular weight is 380 g/mol. The quantitative estimate of drug-likeness (QED) is 0.448. The van der Waals surface area contributed by atoms with Crippen molar-refractivity contribution in [2.45, 2.75) is 12.3 Å². The lowest BCUT2D eigenvalue weighted by atomic mass is 9.71. The van der Waals surface area contributed by atoms with Crippen molar-refractivity contribution >= 4 is 23.1 Å². The van der Waals surface area contributed by atoms with E-state index in [1.54, 1.807) is 0 Å². The smallest absolute Gasteiger partial charge is 0.171 e. The molecule has 1 aliphatic heterocycles. The fourth-order valence-electron chi connectivity index (χ4n) is 4.62. The van der Waals surface area contributed by atoms with E-state index in [0.29, 0.717) is 0 Å². The van der Waals surface area contributed by atoms with E-state index in [4.69, 9.17) is 0 Å². The highest BCUT2D eigenvalue weighted by molar-refractivity contribution is 7.85. The van der Waals surface area contributed by atoms with Crippen LogP contribution in [0.15, 0.2) is 109 Å². The van der Waals surface area contributed by atoms with Gasteiger partial charge in [0.25, 0.3) is 0 Å². The molecule has 1 aliphatic rings. The van der Waals surface area contributed by atoms with Crippen LogP contribution in [-0.2, 0) is 9.98 Å². The van der Waals surface area contributed by atoms with Gasteiger partial charge in [-0.1, -0.05) is 109 Å². The van der Waals surface area contributed by atoms with Gasteiger partial charge in [-0.15, -0.1) is 0 Å². The van der Waals surface area contributed by atoms with Crippen molar-refractivity contribution in [3.8, 4) is 0 Å². The molecule has 1 heterocycles. The van der Waals surface area contributed by atoms with Crippen molar-refractivity contribution in [3.63, 3.8) is 0 Å². The van der Waals surface area contributed by atoms with Crippen LogP contribution < -0.4 is 15.9 Å². The Morgan fingerprint density at radius 1 is 0.571 bits per heavy atom. The number of rotatable bonds is 2. The van der Waals surface area contributed by atoms with Gasteiger partial charge in [-0.3, -0.25) is 0 Å². The van der Waals surface area contributed by atoms with Gasteiger partial charge in [0.1, 0.15) is 0 Å². The van der Waals surface area contributed by atoms with E-state index < -0.39 is 7.14 Å². The number of hydrogen-bond acceptors (Lipinski definition) is 1. The Balaban J connectivity index is 1.93. The van der Waals surface area contributed by atoms with E-state index in [9.17, 15) is 4.57 Å². The standard InChI is InChI=1S/C26H21OP/c1-26(20-12-4-2-5-13-20)22-16-8-10-18-24(22)28(27,21-14-6-3-7-15-21)25-19-11-9-17-23(25)26/h2-19H,1H3. The summed E-state index contributed by atoms with van der Waals surface area (Å²) in [7, 11) is -2.95. The Labute approximate surface area is 166 Å². The molecule has 1 nitrogen and oxygen atoms in total. The first-order valence-electron chi connectivity index (χ1n) is 9.58. The van der Waals surface area contributed by atoms with Crippen LogP contribution in [0.2, 0.25) is 0 Å². The number of hydrogen-bond donors (Lipinski definition) is 0. The van der Waals surface area contributed by atoms with Crippen LogP contribution in [0.5, 0.6) is 0 Å². The van der Waals surface area contributed by atoms with Crippen LogP contribution >= 0.6 is 7.14 Å². The molecule has 0 N–H and O–H groups in total. The third kappa shape index (κ3) is 2.23. The molecular formula is C26H21OP. The molecule has 0 amide bonds. The van der Waals surface area contributed by atoms with Crippen molar-refractivity contribution in [2.75, 3.05) is 0 Å². The molecule has 0 atom stereocenters. The highest BCUT2D eigenvalue weighted by Gasteiger charge is 2.47. The molecule has 2 heteroatoms. The van der Waals surface area contributed by atoms with Crippen molar-refractivity contribution in [1.29, 1.82) is 0 Å². The maximum absolute atomic E-state index is 14.8. The fraction of sp³-hybridized carbons (Fsp3) is 0.0769. The van der Waals surface area contributed by atoms with E-state index in [0.717, 1.165) is 27.0 Å². The minimum Gasteiger partial charge on any atom is -0.309 e. The zero-order valence-electron chi connectivity index (χ0n) is 15.7. The van der Waals surface area contributed by atoms with Gasteiger partial charge in [-0.25, -0.2) is 0 Å². The molecule has 0 bridgehead atoms. The third-order valence-corrected chi connectivity index (χ3v) is 9.20. The first-order chi connectivity index (χ1) is 13.7. The molecule has 0 saturated heterocycles. The molecule has 5 rings (SSSR count). The van der Waals surface area contributed by atoms with E-state index in [1.165, 1.54) is 5.56 Å². The third-order valence-electron chi connectivity index (χ3n) is 6.03. The number of benzene rings is 4. The lowest BCUT2D eigenvalue weighted by molar-refractivity contribution is 0.589. The summed E-state index contributed by atoms with van der Waals surface area (Å²) in [5.41, 5.74) is 3.13. The van der Waals surface area contributed by atoms with Crippen LogP contribution in [0.4, 0.5) is 0 Å². The van der Waals surface area contributed by atoms with Crippen LogP contribution in [0.1, 0.15) is 23.6 Å². The summed E-state index contributed by atoms with van der Waals surface area (Å²) in [6.07, 6.45) is 0. The lowest BCUT2D eigenvalue weighted by Gasteiger charge is -2.42. The Morgan fingerprint density at radius 2 is 1.00 bits per heavy atom. The summed E-state index contributed by atoms with van der Waals surface area (Å²) >= 11 is 0. The predicted molar refractivity (Wildman–Crippen MR) is 118 cm³/mol. The Bertz CT molecular complexity index is 1140. The SMILES string of the molecule is CC1(c2ccccc2)c2ccccc2P(=O)(c2ccccc2)c2ccccc21. The fourth-order valence-corrected chi connectivity index (χ4v) is 7.89. The monoisotopic (exact) mass is 380 g/mol. The minimum atomic E-state index is -2.95. The summed E-state index contributed by atoms with van der Waals surface area (Å²) in [6.45, 7) is 2.26. The van der Waals surface area contributed by atoms with Gasteiger partial charge >= 0.3 is 0 Å². The molecule has 0 radical (unpaired) electrons. The Hall–Kier alpha value is -2.89. The largest absolute Gasteiger partial charge is 0.309 e. The van der Waals surface area contributed by atoms with E-state index in [1.807, 2.05) is 48.5 Å². The van der Waals surface area contributed by atoms with Crippen molar-refractivity contribution in [1.82, 2.24) is 0 Å². The summed E-state index contributed by atoms with van der Waals surface area (Å²) in [4.78, 5) is 0. The summed E-state index contributed by atoms with van der Waals surface area (Å²) in [5.74, 6) is 0. The summed E-state index contributed by atoms with van der Waals surface area (Å²) in [5, 5.41) is 2.79. The van der Waals surface area contributed by atoms with Crippen LogP contribution in [-0.4, -0.2) is 0 Å². The van der Waals surface area contributed by atoms with Gasteiger partial charge in [0, 0.05) is 21.3 Å². The normalized spacial score (nSPS) is 22.9. The van der Waals surface area contributed by atoms with E-state index >= 15 is 0 Å².